The van der Waals surface area contributed by atoms with E-state index in [9.17, 15) is 13.2 Å². The number of nitrogens with zero attached hydrogens (tertiary/aromatic N) is 1. The van der Waals surface area contributed by atoms with Crippen molar-refractivity contribution >= 4 is 21.6 Å². The van der Waals surface area contributed by atoms with Gasteiger partial charge in [-0.1, -0.05) is 15.9 Å². The van der Waals surface area contributed by atoms with Gasteiger partial charge < -0.3 is 10.2 Å². The molecule has 0 radical (unpaired) electrons. The van der Waals surface area contributed by atoms with Gasteiger partial charge in [0.25, 0.3) is 0 Å². The minimum absolute atomic E-state index is 0.0997. The molecular weight excluding hydrogens is 333 g/mol. The second kappa shape index (κ2) is 5.22. The Morgan fingerprint density at radius 2 is 2.00 bits per heavy atom. The Bertz CT molecular complexity index is 500. The average molecular weight is 349 g/mol. The molecule has 2 aliphatic rings. The minimum atomic E-state index is -4.32. The number of nitrogens with one attached hydrogen (secondary N) is 1. The normalized spacial score (nSPS) is 24.0. The Labute approximate surface area is 124 Å². The van der Waals surface area contributed by atoms with Crippen LogP contribution in [-0.2, 0) is 6.18 Å². The lowest BCUT2D eigenvalue weighted by atomic mass is 10.1. The molecule has 0 amide bonds. The molecule has 1 heterocycles. The molecule has 0 bridgehead atoms. The van der Waals surface area contributed by atoms with Crippen molar-refractivity contribution in [2.24, 2.45) is 5.92 Å². The highest BCUT2D eigenvalue weighted by molar-refractivity contribution is 9.10. The Kier molecular flexibility index (Phi) is 3.71. The highest BCUT2D eigenvalue weighted by Gasteiger charge is 2.36. The van der Waals surface area contributed by atoms with Gasteiger partial charge in [0, 0.05) is 35.8 Å². The van der Waals surface area contributed by atoms with Gasteiger partial charge in [0.15, 0.2) is 0 Å². The summed E-state index contributed by atoms with van der Waals surface area (Å²) in [6.45, 7) is 2.38. The van der Waals surface area contributed by atoms with E-state index < -0.39 is 11.7 Å². The average Bonchev–Trinajstić information content (AvgIpc) is 3.22. The van der Waals surface area contributed by atoms with Crippen LogP contribution in [0.4, 0.5) is 18.9 Å². The first-order valence-corrected chi connectivity index (χ1v) is 7.59. The van der Waals surface area contributed by atoms with Gasteiger partial charge in [-0.3, -0.25) is 0 Å². The fourth-order valence-electron chi connectivity index (χ4n) is 2.75. The van der Waals surface area contributed by atoms with Crippen LogP contribution in [-0.4, -0.2) is 25.7 Å². The van der Waals surface area contributed by atoms with Crippen LogP contribution in [0, 0.1) is 5.92 Å². The van der Waals surface area contributed by atoms with Crippen LogP contribution in [0.15, 0.2) is 22.7 Å². The molecule has 110 valence electrons. The van der Waals surface area contributed by atoms with Crippen LogP contribution in [0.5, 0.6) is 0 Å². The fraction of sp³-hybridized carbons (Fsp3) is 0.571. The summed E-state index contributed by atoms with van der Waals surface area (Å²) in [7, 11) is 0. The second-order valence-corrected chi connectivity index (χ2v) is 6.36. The van der Waals surface area contributed by atoms with Crippen molar-refractivity contribution in [3.05, 3.63) is 28.2 Å². The quantitative estimate of drug-likeness (QED) is 0.877. The first-order chi connectivity index (χ1) is 9.45. The topological polar surface area (TPSA) is 15.3 Å². The summed E-state index contributed by atoms with van der Waals surface area (Å²) >= 11 is 2.98. The van der Waals surface area contributed by atoms with Crippen LogP contribution in [0.25, 0.3) is 0 Å². The van der Waals surface area contributed by atoms with Crippen LogP contribution >= 0.6 is 15.9 Å². The second-order valence-electron chi connectivity index (χ2n) is 5.51. The molecule has 3 rings (SSSR count). The first-order valence-electron chi connectivity index (χ1n) is 6.80. The van der Waals surface area contributed by atoms with Crippen molar-refractivity contribution in [3.8, 4) is 0 Å². The van der Waals surface area contributed by atoms with E-state index in [-0.39, 0.29) is 4.47 Å². The maximum atomic E-state index is 12.9. The minimum Gasteiger partial charge on any atom is -0.369 e. The van der Waals surface area contributed by atoms with E-state index in [2.05, 4.69) is 26.1 Å². The molecule has 20 heavy (non-hydrogen) atoms. The highest BCUT2D eigenvalue weighted by atomic mass is 79.9. The van der Waals surface area contributed by atoms with Crippen molar-refractivity contribution in [2.75, 3.05) is 24.5 Å². The molecule has 1 saturated carbocycles. The van der Waals surface area contributed by atoms with E-state index in [4.69, 9.17) is 0 Å². The summed E-state index contributed by atoms with van der Waals surface area (Å²) < 4.78 is 38.9. The number of piperazine rings is 1. The molecule has 1 unspecified atom stereocenters. The van der Waals surface area contributed by atoms with Crippen molar-refractivity contribution in [1.29, 1.82) is 0 Å². The molecule has 1 N–H and O–H groups in total. The van der Waals surface area contributed by atoms with Gasteiger partial charge in [-0.05, 0) is 37.0 Å². The van der Waals surface area contributed by atoms with Gasteiger partial charge in [0.05, 0.1) is 5.56 Å². The van der Waals surface area contributed by atoms with Gasteiger partial charge >= 0.3 is 6.18 Å². The van der Waals surface area contributed by atoms with Crippen LogP contribution in [0.3, 0.4) is 0 Å². The number of alkyl halides is 3. The summed E-state index contributed by atoms with van der Waals surface area (Å²) in [5.41, 5.74) is 0.0594. The van der Waals surface area contributed by atoms with Crippen LogP contribution < -0.4 is 10.2 Å². The third kappa shape index (κ3) is 2.96. The number of hydrogen-bond donors (Lipinski definition) is 1. The Morgan fingerprint density at radius 1 is 1.25 bits per heavy atom. The van der Waals surface area contributed by atoms with E-state index in [1.807, 2.05) is 0 Å². The van der Waals surface area contributed by atoms with Gasteiger partial charge in [-0.25, -0.2) is 0 Å². The predicted octanol–water partition coefficient (Wildman–Crippen LogP) is 3.66. The first kappa shape index (κ1) is 14.2. The molecule has 1 aliphatic heterocycles. The number of halogens is 4. The summed E-state index contributed by atoms with van der Waals surface area (Å²) in [5.74, 6) is 0.704. The summed E-state index contributed by atoms with van der Waals surface area (Å²) in [4.78, 5) is 2.06. The lowest BCUT2D eigenvalue weighted by molar-refractivity contribution is -0.138. The maximum Gasteiger partial charge on any atom is 0.417 e. The lowest BCUT2D eigenvalue weighted by Gasteiger charge is -2.35. The zero-order valence-electron chi connectivity index (χ0n) is 10.9. The third-order valence-corrected chi connectivity index (χ3v) is 4.71. The van der Waals surface area contributed by atoms with Gasteiger partial charge in [0.1, 0.15) is 0 Å². The van der Waals surface area contributed by atoms with Gasteiger partial charge in [-0.15, -0.1) is 0 Å². The molecule has 6 heteroatoms. The molecular formula is C14H16BrF3N2. The van der Waals surface area contributed by atoms with Crippen LogP contribution in [0.1, 0.15) is 18.4 Å². The molecule has 0 spiro atoms. The van der Waals surface area contributed by atoms with E-state index in [0.29, 0.717) is 17.6 Å². The molecule has 1 saturated heterocycles. The van der Waals surface area contributed by atoms with Crippen molar-refractivity contribution in [2.45, 2.75) is 25.1 Å². The SMILES string of the molecule is FC(F)(F)c1cc(N2CCNC(C3CC3)C2)ccc1Br. The Morgan fingerprint density at radius 3 is 2.65 bits per heavy atom. The fourth-order valence-corrected chi connectivity index (χ4v) is 3.23. The molecule has 1 aromatic rings. The molecule has 2 fully saturated rings. The standard InChI is InChI=1S/C14H16BrF3N2/c15-12-4-3-10(7-11(12)14(16,17)18)20-6-5-19-13(8-20)9-1-2-9/h3-4,7,9,13,19H,1-2,5-6,8H2. The van der Waals surface area contributed by atoms with Crippen molar-refractivity contribution < 1.29 is 13.2 Å². The van der Waals surface area contributed by atoms with E-state index in [1.165, 1.54) is 25.0 Å². The zero-order valence-corrected chi connectivity index (χ0v) is 12.5. The zero-order chi connectivity index (χ0) is 14.3. The monoisotopic (exact) mass is 348 g/mol. The summed E-state index contributed by atoms with van der Waals surface area (Å²) in [5, 5.41) is 3.46. The van der Waals surface area contributed by atoms with Crippen molar-refractivity contribution in [1.82, 2.24) is 5.32 Å². The molecule has 1 aliphatic carbocycles. The Hall–Kier alpha value is -0.750. The lowest BCUT2D eigenvalue weighted by Crippen LogP contribution is -2.51. The van der Waals surface area contributed by atoms with E-state index in [0.717, 1.165) is 19.6 Å². The Balaban J connectivity index is 1.82. The number of hydrogen-bond acceptors (Lipinski definition) is 2. The largest absolute Gasteiger partial charge is 0.417 e. The van der Waals surface area contributed by atoms with Crippen molar-refractivity contribution in [3.63, 3.8) is 0 Å². The van der Waals surface area contributed by atoms with Gasteiger partial charge in [-0.2, -0.15) is 13.2 Å². The summed E-state index contributed by atoms with van der Waals surface area (Å²) in [6.07, 6.45) is -1.85. The molecule has 1 aromatic carbocycles. The molecule has 0 aromatic heterocycles. The van der Waals surface area contributed by atoms with Crippen LogP contribution in [0.2, 0.25) is 0 Å². The predicted molar refractivity (Wildman–Crippen MR) is 75.9 cm³/mol. The van der Waals surface area contributed by atoms with E-state index >= 15 is 0 Å². The third-order valence-electron chi connectivity index (χ3n) is 4.02. The molecule has 2 nitrogen and oxygen atoms in total. The molecule has 1 atom stereocenters. The van der Waals surface area contributed by atoms with E-state index in [1.54, 1.807) is 6.07 Å². The highest BCUT2D eigenvalue weighted by Crippen LogP contribution is 2.38. The number of benzene rings is 1. The number of rotatable bonds is 2. The number of anilines is 1. The van der Waals surface area contributed by atoms with Gasteiger partial charge in [0.2, 0.25) is 0 Å². The summed E-state index contributed by atoms with van der Waals surface area (Å²) in [6, 6.07) is 4.92. The maximum absolute atomic E-state index is 12.9. The smallest absolute Gasteiger partial charge is 0.369 e.